The van der Waals surface area contributed by atoms with Gasteiger partial charge in [-0.3, -0.25) is 9.52 Å². The molecule has 7 nitrogen and oxygen atoms in total. The van der Waals surface area contributed by atoms with Gasteiger partial charge < -0.3 is 14.8 Å². The number of carbonyl (C=O) groups is 1. The number of likely N-dealkylation sites (N-methyl/N-ethyl adjacent to an activating group) is 1. The molecule has 52 heavy (non-hydrogen) atoms. The van der Waals surface area contributed by atoms with Crippen molar-refractivity contribution in [3.8, 4) is 11.5 Å². The number of amides is 1. The van der Waals surface area contributed by atoms with Crippen LogP contribution >= 0.6 is 0 Å². The van der Waals surface area contributed by atoms with Gasteiger partial charge in [0.15, 0.2) is 6.10 Å². The average molecular weight is 743 g/mol. The molecule has 2 N–H and O–H groups in total. The molecule has 0 aliphatic rings. The number of benzene rings is 2. The Hall–Kier alpha value is -2.74. The number of anilines is 1. The zero-order chi connectivity index (χ0) is 38.5. The second kappa shape index (κ2) is 23.8. The predicted molar refractivity (Wildman–Crippen MR) is 219 cm³/mol. The second-order valence-corrected chi connectivity index (χ2v) is 18.2. The fourth-order valence-electron chi connectivity index (χ4n) is 7.11. The molecule has 0 fully saturated rings. The summed E-state index contributed by atoms with van der Waals surface area (Å²) in [5, 5.41) is 2.91. The summed E-state index contributed by atoms with van der Waals surface area (Å²) in [4.78, 5) is 13.1. The molecule has 0 radical (unpaired) electrons. The first-order chi connectivity index (χ1) is 24.7. The Balaban J connectivity index is 2.19. The summed E-state index contributed by atoms with van der Waals surface area (Å²) in [7, 11) is -4.04. The molecule has 0 heterocycles. The largest absolute Gasteiger partial charge is 0.492 e. The van der Waals surface area contributed by atoms with Gasteiger partial charge in [0, 0.05) is 12.6 Å². The topological polar surface area (TPSA) is 93.7 Å². The van der Waals surface area contributed by atoms with Crippen LogP contribution in [0.25, 0.3) is 0 Å². The summed E-state index contributed by atoms with van der Waals surface area (Å²) < 4.78 is 43.5. The van der Waals surface area contributed by atoms with Crippen molar-refractivity contribution in [2.24, 2.45) is 5.41 Å². The molecule has 2 aromatic rings. The maximum absolute atomic E-state index is 14.1. The van der Waals surface area contributed by atoms with Crippen LogP contribution in [0.2, 0.25) is 0 Å². The normalized spacial score (nSPS) is 12.8. The summed E-state index contributed by atoms with van der Waals surface area (Å²) in [5.74, 6) is 0.658. The number of hydrogen-bond acceptors (Lipinski definition) is 5. The van der Waals surface area contributed by atoms with Crippen LogP contribution in [0.5, 0.6) is 11.5 Å². The van der Waals surface area contributed by atoms with Crippen molar-refractivity contribution in [2.45, 2.75) is 187 Å². The van der Waals surface area contributed by atoms with Crippen LogP contribution in [0.3, 0.4) is 0 Å². The summed E-state index contributed by atoms with van der Waals surface area (Å²) >= 11 is 0. The average Bonchev–Trinajstić information content (AvgIpc) is 3.07. The molecule has 0 aromatic heterocycles. The minimum Gasteiger partial charge on any atom is -0.492 e. The van der Waals surface area contributed by atoms with Gasteiger partial charge in [-0.15, -0.1) is 0 Å². The number of ether oxygens (including phenoxy) is 2. The fraction of sp³-hybridized carbons (Fsp3) is 0.705. The summed E-state index contributed by atoms with van der Waals surface area (Å²) in [5.41, 5.74) is 1.13. The third-order valence-electron chi connectivity index (χ3n) is 9.57. The van der Waals surface area contributed by atoms with Gasteiger partial charge in [-0.1, -0.05) is 150 Å². The summed E-state index contributed by atoms with van der Waals surface area (Å²) in [6, 6.07) is 12.5. The van der Waals surface area contributed by atoms with Crippen LogP contribution in [0.15, 0.2) is 47.4 Å². The smallest absolute Gasteiger partial charge is 0.265 e. The fourth-order valence-corrected chi connectivity index (χ4v) is 8.33. The highest BCUT2D eigenvalue weighted by molar-refractivity contribution is 7.92. The van der Waals surface area contributed by atoms with Gasteiger partial charge in [0.25, 0.3) is 15.9 Å². The number of hydrogen-bond donors (Lipinski definition) is 2. The van der Waals surface area contributed by atoms with Crippen LogP contribution in [0, 0.1) is 5.41 Å². The molecular weight excluding hydrogens is 669 g/mol. The van der Waals surface area contributed by atoms with Gasteiger partial charge >= 0.3 is 0 Å². The Morgan fingerprint density at radius 1 is 0.731 bits per heavy atom. The van der Waals surface area contributed by atoms with Crippen molar-refractivity contribution in [3.63, 3.8) is 0 Å². The second-order valence-electron chi connectivity index (χ2n) is 16.5. The van der Waals surface area contributed by atoms with E-state index in [0.717, 1.165) is 50.5 Å². The van der Waals surface area contributed by atoms with Crippen LogP contribution in [-0.4, -0.2) is 33.6 Å². The van der Waals surface area contributed by atoms with Crippen molar-refractivity contribution >= 4 is 21.6 Å². The van der Waals surface area contributed by atoms with Gasteiger partial charge in [-0.25, -0.2) is 8.42 Å². The van der Waals surface area contributed by atoms with E-state index in [2.05, 4.69) is 58.5 Å². The molecule has 1 atom stereocenters. The quantitative estimate of drug-likeness (QED) is 0.0847. The van der Waals surface area contributed by atoms with Gasteiger partial charge in [0.05, 0.1) is 12.3 Å². The molecular formula is C44H74N2O5S. The van der Waals surface area contributed by atoms with Crippen LogP contribution < -0.4 is 19.5 Å². The van der Waals surface area contributed by atoms with Crippen molar-refractivity contribution in [3.05, 3.63) is 48.0 Å². The highest BCUT2D eigenvalue weighted by atomic mass is 32.2. The number of carbonyl (C=O) groups excluding carboxylic acids is 1. The molecule has 0 aliphatic heterocycles. The molecule has 0 saturated heterocycles. The van der Waals surface area contributed by atoms with E-state index >= 15 is 0 Å². The van der Waals surface area contributed by atoms with E-state index in [4.69, 9.17) is 9.47 Å². The lowest BCUT2D eigenvalue weighted by molar-refractivity contribution is -0.128. The molecule has 0 bridgehead atoms. The van der Waals surface area contributed by atoms with Crippen molar-refractivity contribution in [1.29, 1.82) is 0 Å². The van der Waals surface area contributed by atoms with Gasteiger partial charge in [0.2, 0.25) is 0 Å². The zero-order valence-electron chi connectivity index (χ0n) is 34.2. The Kier molecular flexibility index (Phi) is 20.8. The SMILES string of the molecule is CCCCCCCCCCCCC(Oc1cccc(NS(=O)(=O)c2cc(C(C)(C)CC(C)(C)C)ccc2OCCCCCCCC)c1)C(=O)NCC. The maximum Gasteiger partial charge on any atom is 0.265 e. The molecule has 0 saturated carbocycles. The first kappa shape index (κ1) is 45.4. The number of rotatable bonds is 28. The van der Waals surface area contributed by atoms with Crippen LogP contribution in [-0.2, 0) is 20.2 Å². The Bertz CT molecular complexity index is 1400. The first-order valence-corrected chi connectivity index (χ1v) is 22.0. The van der Waals surface area contributed by atoms with E-state index in [-0.39, 0.29) is 21.6 Å². The highest BCUT2D eigenvalue weighted by Crippen LogP contribution is 2.39. The Morgan fingerprint density at radius 2 is 1.31 bits per heavy atom. The molecule has 2 rings (SSSR count). The Morgan fingerprint density at radius 3 is 1.88 bits per heavy atom. The molecule has 1 amide bonds. The van der Waals surface area contributed by atoms with Crippen molar-refractivity contribution in [2.75, 3.05) is 17.9 Å². The number of sulfonamides is 1. The monoisotopic (exact) mass is 743 g/mol. The van der Waals surface area contributed by atoms with Gasteiger partial charge in [-0.05, 0) is 73.3 Å². The van der Waals surface area contributed by atoms with E-state index < -0.39 is 16.1 Å². The maximum atomic E-state index is 14.1. The minimum absolute atomic E-state index is 0.0631. The predicted octanol–water partition coefficient (Wildman–Crippen LogP) is 12.1. The third-order valence-corrected chi connectivity index (χ3v) is 11.0. The standard InChI is InChI=1S/C44H74N2O5S/c1-9-12-14-16-18-19-20-21-22-24-29-40(42(47)45-11-3)51-38-28-26-27-37(34-38)46-52(48,49)41-33-36(44(7,8)35-43(4,5)6)30-31-39(41)50-32-25-23-17-15-13-10-2/h26-28,30-31,33-34,40,46H,9-25,29,32,35H2,1-8H3,(H,45,47). The molecule has 0 aliphatic carbocycles. The molecule has 2 aromatic carbocycles. The molecule has 296 valence electrons. The van der Waals surface area contributed by atoms with Crippen molar-refractivity contribution < 1.29 is 22.7 Å². The summed E-state index contributed by atoms with van der Waals surface area (Å²) in [6.45, 7) is 18.3. The van der Waals surface area contributed by atoms with E-state index in [1.54, 1.807) is 30.3 Å². The van der Waals surface area contributed by atoms with Crippen LogP contribution in [0.1, 0.15) is 177 Å². The van der Waals surface area contributed by atoms with Crippen LogP contribution in [0.4, 0.5) is 5.69 Å². The van der Waals surface area contributed by atoms with Gasteiger partial charge in [-0.2, -0.15) is 0 Å². The van der Waals surface area contributed by atoms with E-state index in [0.29, 0.717) is 36.8 Å². The van der Waals surface area contributed by atoms with E-state index in [1.165, 1.54) is 64.2 Å². The zero-order valence-corrected chi connectivity index (χ0v) is 35.0. The summed E-state index contributed by atoms with van der Waals surface area (Å²) in [6.07, 6.45) is 19.8. The highest BCUT2D eigenvalue weighted by Gasteiger charge is 2.30. The van der Waals surface area contributed by atoms with Gasteiger partial charge in [0.1, 0.15) is 16.4 Å². The van der Waals surface area contributed by atoms with E-state index in [9.17, 15) is 13.2 Å². The molecule has 8 heteroatoms. The van der Waals surface area contributed by atoms with E-state index in [1.807, 2.05) is 19.1 Å². The lowest BCUT2D eigenvalue weighted by Gasteiger charge is -2.33. The lowest BCUT2D eigenvalue weighted by Crippen LogP contribution is -2.38. The number of unbranched alkanes of at least 4 members (excludes halogenated alkanes) is 14. The molecule has 0 spiro atoms. The Labute approximate surface area is 318 Å². The molecule has 1 unspecified atom stereocenters. The third kappa shape index (κ3) is 17.9. The lowest BCUT2D eigenvalue weighted by atomic mass is 9.72. The van der Waals surface area contributed by atoms with Crippen molar-refractivity contribution in [1.82, 2.24) is 5.32 Å². The first-order valence-electron chi connectivity index (χ1n) is 20.6. The number of nitrogens with one attached hydrogen (secondary N) is 2. The minimum atomic E-state index is -4.04.